The monoisotopic (exact) mass is 286 g/mol. The molecule has 0 bridgehead atoms. The lowest BCUT2D eigenvalue weighted by molar-refractivity contribution is -0.137. The van der Waals surface area contributed by atoms with E-state index in [2.05, 4.69) is 15.5 Å². The lowest BCUT2D eigenvalue weighted by Gasteiger charge is -2.45. The zero-order valence-corrected chi connectivity index (χ0v) is 12.1. The first kappa shape index (κ1) is 16.2. The molecule has 8 nitrogen and oxygen atoms in total. The SMILES string of the molecule is CN1CCN(C(=O)NCC(=O)NCC(=O)O)CC1(C)C. The summed E-state index contributed by atoms with van der Waals surface area (Å²) in [4.78, 5) is 37.3. The van der Waals surface area contributed by atoms with Crippen molar-refractivity contribution < 1.29 is 19.5 Å². The highest BCUT2D eigenvalue weighted by Gasteiger charge is 2.33. The molecule has 1 aliphatic rings. The molecule has 0 aromatic heterocycles. The summed E-state index contributed by atoms with van der Waals surface area (Å²) in [6.45, 7) is 5.37. The third-order valence-electron chi connectivity index (χ3n) is 3.44. The van der Waals surface area contributed by atoms with E-state index in [1.54, 1.807) is 4.90 Å². The Morgan fingerprint density at radius 3 is 2.35 bits per heavy atom. The molecule has 0 aromatic carbocycles. The number of carbonyl (C=O) groups excluding carboxylic acids is 2. The van der Waals surface area contributed by atoms with E-state index < -0.39 is 18.4 Å². The molecule has 1 rings (SSSR count). The molecule has 0 spiro atoms. The molecule has 0 aromatic rings. The first-order chi connectivity index (χ1) is 9.22. The number of nitrogens with one attached hydrogen (secondary N) is 2. The summed E-state index contributed by atoms with van der Waals surface area (Å²) in [7, 11) is 2.01. The van der Waals surface area contributed by atoms with Crippen LogP contribution in [0.4, 0.5) is 4.79 Å². The van der Waals surface area contributed by atoms with Gasteiger partial charge in [0, 0.05) is 25.2 Å². The summed E-state index contributed by atoms with van der Waals surface area (Å²) in [6, 6.07) is -0.309. The van der Waals surface area contributed by atoms with Crippen LogP contribution in [0.5, 0.6) is 0 Å². The normalized spacial score (nSPS) is 18.4. The molecule has 0 unspecified atom stereocenters. The lowest BCUT2D eigenvalue weighted by Crippen LogP contribution is -2.60. The van der Waals surface area contributed by atoms with Gasteiger partial charge in [0.15, 0.2) is 0 Å². The fraction of sp³-hybridized carbons (Fsp3) is 0.750. The van der Waals surface area contributed by atoms with Crippen molar-refractivity contribution in [1.29, 1.82) is 0 Å². The van der Waals surface area contributed by atoms with Crippen molar-refractivity contribution in [2.24, 2.45) is 0 Å². The van der Waals surface area contributed by atoms with Crippen LogP contribution in [0.1, 0.15) is 13.8 Å². The molecule has 114 valence electrons. The molecule has 0 radical (unpaired) electrons. The predicted octanol–water partition coefficient (Wildman–Crippen LogP) is -1.08. The molecule has 0 saturated carbocycles. The number of carboxylic acids is 1. The second kappa shape index (κ2) is 6.56. The summed E-state index contributed by atoms with van der Waals surface area (Å²) in [5, 5.41) is 13.1. The van der Waals surface area contributed by atoms with Gasteiger partial charge in [-0.05, 0) is 20.9 Å². The summed E-state index contributed by atoms with van der Waals surface area (Å²) in [5.74, 6) is -1.64. The molecular weight excluding hydrogens is 264 g/mol. The Morgan fingerprint density at radius 2 is 1.80 bits per heavy atom. The average molecular weight is 286 g/mol. The van der Waals surface area contributed by atoms with Crippen molar-refractivity contribution in [3.05, 3.63) is 0 Å². The smallest absolute Gasteiger partial charge is 0.322 e. The van der Waals surface area contributed by atoms with Crippen molar-refractivity contribution in [2.45, 2.75) is 19.4 Å². The number of carbonyl (C=O) groups is 3. The highest BCUT2D eigenvalue weighted by molar-refractivity contribution is 5.86. The minimum Gasteiger partial charge on any atom is -0.480 e. The van der Waals surface area contributed by atoms with Crippen LogP contribution < -0.4 is 10.6 Å². The van der Waals surface area contributed by atoms with Gasteiger partial charge >= 0.3 is 12.0 Å². The molecular formula is C12H22N4O4. The number of carboxylic acid groups (broad SMARTS) is 1. The minimum absolute atomic E-state index is 0.110. The van der Waals surface area contributed by atoms with Gasteiger partial charge in [0.2, 0.25) is 5.91 Å². The van der Waals surface area contributed by atoms with E-state index in [1.807, 2.05) is 20.9 Å². The largest absolute Gasteiger partial charge is 0.480 e. The first-order valence-corrected chi connectivity index (χ1v) is 6.45. The molecule has 3 amide bonds. The van der Waals surface area contributed by atoms with E-state index in [0.717, 1.165) is 6.54 Å². The van der Waals surface area contributed by atoms with Crippen LogP contribution in [-0.4, -0.2) is 78.1 Å². The Balaban J connectivity index is 2.36. The van der Waals surface area contributed by atoms with Crippen LogP contribution in [0, 0.1) is 0 Å². The van der Waals surface area contributed by atoms with Crippen molar-refractivity contribution >= 4 is 17.9 Å². The topological polar surface area (TPSA) is 102 Å². The molecule has 0 aliphatic carbocycles. The summed E-state index contributed by atoms with van der Waals surface area (Å²) < 4.78 is 0. The third kappa shape index (κ3) is 4.69. The lowest BCUT2D eigenvalue weighted by atomic mass is 10.0. The van der Waals surface area contributed by atoms with Gasteiger partial charge in [-0.3, -0.25) is 14.5 Å². The minimum atomic E-state index is -1.12. The van der Waals surface area contributed by atoms with E-state index in [0.29, 0.717) is 13.1 Å². The standard InChI is InChI=1S/C12H22N4O4/c1-12(2)8-16(5-4-15(12)3)11(20)14-6-9(17)13-7-10(18)19/h4-8H2,1-3H3,(H,13,17)(H,14,20)(H,18,19). The number of rotatable bonds is 4. The van der Waals surface area contributed by atoms with Crippen LogP contribution in [0.3, 0.4) is 0 Å². The molecule has 3 N–H and O–H groups in total. The fourth-order valence-electron chi connectivity index (χ4n) is 1.92. The maximum Gasteiger partial charge on any atom is 0.322 e. The van der Waals surface area contributed by atoms with E-state index in [-0.39, 0.29) is 18.1 Å². The summed E-state index contributed by atoms with van der Waals surface area (Å²) in [6.07, 6.45) is 0. The summed E-state index contributed by atoms with van der Waals surface area (Å²) in [5.41, 5.74) is -0.110. The Bertz CT molecular complexity index is 397. The number of likely N-dealkylation sites (N-methyl/N-ethyl adjacent to an activating group) is 1. The van der Waals surface area contributed by atoms with Crippen molar-refractivity contribution in [3.63, 3.8) is 0 Å². The highest BCUT2D eigenvalue weighted by atomic mass is 16.4. The van der Waals surface area contributed by atoms with Gasteiger partial charge in [0.05, 0.1) is 6.54 Å². The van der Waals surface area contributed by atoms with Crippen molar-refractivity contribution in [2.75, 3.05) is 39.8 Å². The second-order valence-electron chi connectivity index (χ2n) is 5.48. The molecule has 1 saturated heterocycles. The molecule has 20 heavy (non-hydrogen) atoms. The van der Waals surface area contributed by atoms with Crippen LogP contribution >= 0.6 is 0 Å². The Labute approximate surface area is 118 Å². The first-order valence-electron chi connectivity index (χ1n) is 6.45. The van der Waals surface area contributed by atoms with Gasteiger partial charge in [0.1, 0.15) is 6.54 Å². The van der Waals surface area contributed by atoms with Gasteiger partial charge in [-0.2, -0.15) is 0 Å². The van der Waals surface area contributed by atoms with Crippen LogP contribution in [0.2, 0.25) is 0 Å². The molecule has 1 fully saturated rings. The van der Waals surface area contributed by atoms with Crippen LogP contribution in [-0.2, 0) is 9.59 Å². The van der Waals surface area contributed by atoms with Gasteiger partial charge < -0.3 is 20.6 Å². The molecule has 0 atom stereocenters. The molecule has 1 heterocycles. The number of piperazine rings is 1. The van der Waals surface area contributed by atoms with Crippen LogP contribution in [0.15, 0.2) is 0 Å². The van der Waals surface area contributed by atoms with Gasteiger partial charge in [-0.25, -0.2) is 4.79 Å². The predicted molar refractivity (Wildman–Crippen MR) is 72.3 cm³/mol. The number of hydrogen-bond acceptors (Lipinski definition) is 4. The maximum absolute atomic E-state index is 11.9. The summed E-state index contributed by atoms with van der Waals surface area (Å²) >= 11 is 0. The highest BCUT2D eigenvalue weighted by Crippen LogP contribution is 2.18. The van der Waals surface area contributed by atoms with E-state index in [9.17, 15) is 14.4 Å². The van der Waals surface area contributed by atoms with Crippen molar-refractivity contribution in [1.82, 2.24) is 20.4 Å². The quantitative estimate of drug-likeness (QED) is 0.610. The Kier molecular flexibility index (Phi) is 5.32. The zero-order valence-electron chi connectivity index (χ0n) is 12.1. The van der Waals surface area contributed by atoms with E-state index >= 15 is 0 Å². The van der Waals surface area contributed by atoms with E-state index in [4.69, 9.17) is 5.11 Å². The third-order valence-corrected chi connectivity index (χ3v) is 3.44. The van der Waals surface area contributed by atoms with E-state index in [1.165, 1.54) is 0 Å². The zero-order chi connectivity index (χ0) is 15.3. The number of urea groups is 1. The maximum atomic E-state index is 11.9. The number of nitrogens with zero attached hydrogens (tertiary/aromatic N) is 2. The molecule has 8 heteroatoms. The van der Waals surface area contributed by atoms with Gasteiger partial charge in [-0.15, -0.1) is 0 Å². The fourth-order valence-corrected chi connectivity index (χ4v) is 1.92. The second-order valence-corrected chi connectivity index (χ2v) is 5.48. The Morgan fingerprint density at radius 1 is 1.15 bits per heavy atom. The van der Waals surface area contributed by atoms with Gasteiger partial charge in [0.25, 0.3) is 0 Å². The number of aliphatic carboxylic acids is 1. The number of hydrogen-bond donors (Lipinski definition) is 3. The average Bonchev–Trinajstić information content (AvgIpc) is 2.36. The van der Waals surface area contributed by atoms with Gasteiger partial charge in [-0.1, -0.05) is 0 Å². The van der Waals surface area contributed by atoms with Crippen molar-refractivity contribution in [3.8, 4) is 0 Å². The van der Waals surface area contributed by atoms with Crippen LogP contribution in [0.25, 0.3) is 0 Å². The Hall–Kier alpha value is -1.83. The molecule has 1 aliphatic heterocycles. The number of amides is 3.